The Balaban J connectivity index is 3.10. The van der Waals surface area contributed by atoms with Crippen LogP contribution in [0.5, 0.6) is 0 Å². The van der Waals surface area contributed by atoms with E-state index in [1.807, 2.05) is 0 Å². The molecule has 1 aromatic rings. The number of carbonyl (C=O) groups is 2. The molecule has 0 radical (unpaired) electrons. The first-order valence-electron chi connectivity index (χ1n) is 5.29. The second-order valence-corrected chi connectivity index (χ2v) is 4.10. The Bertz CT molecular complexity index is 596. The maximum Gasteiger partial charge on any atom is 0.313 e. The van der Waals surface area contributed by atoms with Gasteiger partial charge in [-0.05, 0) is 12.1 Å². The number of nitrogens with zero attached hydrogens (tertiary/aromatic N) is 1. The van der Waals surface area contributed by atoms with Crippen molar-refractivity contribution in [2.75, 3.05) is 7.11 Å². The van der Waals surface area contributed by atoms with Gasteiger partial charge in [-0.25, -0.2) is 0 Å². The number of nitro groups is 1. The number of benzene rings is 1. The van der Waals surface area contributed by atoms with Gasteiger partial charge in [0.25, 0.3) is 5.69 Å². The Kier molecular flexibility index (Phi) is 5.22. The van der Waals surface area contributed by atoms with Crippen LogP contribution in [0.1, 0.15) is 12.0 Å². The molecule has 106 valence electrons. The molecule has 1 N–H and O–H groups in total. The van der Waals surface area contributed by atoms with Crippen LogP contribution in [0.4, 0.5) is 5.69 Å². The quantitative estimate of drug-likeness (QED) is 0.223. The number of allylic oxidation sites excluding steroid dienone is 1. The second kappa shape index (κ2) is 6.67. The van der Waals surface area contributed by atoms with Gasteiger partial charge < -0.3 is 9.84 Å². The van der Waals surface area contributed by atoms with E-state index in [4.69, 9.17) is 11.6 Å². The normalized spacial score (nSPS) is 11.0. The first kappa shape index (κ1) is 15.6. The van der Waals surface area contributed by atoms with Crippen LogP contribution in [0.2, 0.25) is 5.02 Å². The van der Waals surface area contributed by atoms with Gasteiger partial charge in [0, 0.05) is 17.2 Å². The largest absolute Gasteiger partial charge is 0.507 e. The van der Waals surface area contributed by atoms with Crippen LogP contribution in [0.15, 0.2) is 24.3 Å². The number of rotatable bonds is 5. The van der Waals surface area contributed by atoms with Crippen molar-refractivity contribution in [2.24, 2.45) is 0 Å². The lowest BCUT2D eigenvalue weighted by atomic mass is 10.1. The van der Waals surface area contributed by atoms with E-state index in [-0.39, 0.29) is 10.6 Å². The SMILES string of the molecule is COC(=O)CC(=O)/C=C(\O)c1cc(Cl)ccc1[N+](=O)[O-]. The van der Waals surface area contributed by atoms with Gasteiger partial charge in [0.1, 0.15) is 12.2 Å². The third-order valence-electron chi connectivity index (χ3n) is 2.28. The van der Waals surface area contributed by atoms with Gasteiger partial charge in [-0.2, -0.15) is 0 Å². The van der Waals surface area contributed by atoms with E-state index in [0.29, 0.717) is 0 Å². The Morgan fingerprint density at radius 1 is 1.50 bits per heavy atom. The summed E-state index contributed by atoms with van der Waals surface area (Å²) < 4.78 is 4.29. The van der Waals surface area contributed by atoms with Crippen LogP contribution < -0.4 is 0 Å². The number of esters is 1. The number of aliphatic hydroxyl groups is 1. The first-order valence-corrected chi connectivity index (χ1v) is 5.67. The molecule has 0 heterocycles. The molecule has 0 aliphatic carbocycles. The zero-order chi connectivity index (χ0) is 15.3. The minimum atomic E-state index is -0.778. The van der Waals surface area contributed by atoms with Crippen molar-refractivity contribution in [3.8, 4) is 0 Å². The summed E-state index contributed by atoms with van der Waals surface area (Å²) >= 11 is 5.69. The first-order chi connectivity index (χ1) is 9.35. The van der Waals surface area contributed by atoms with E-state index < -0.39 is 34.5 Å². The Morgan fingerprint density at radius 3 is 2.70 bits per heavy atom. The molecule has 0 saturated heterocycles. The molecule has 0 fully saturated rings. The van der Waals surface area contributed by atoms with Gasteiger partial charge in [0.15, 0.2) is 5.78 Å². The fourth-order valence-electron chi connectivity index (χ4n) is 1.37. The van der Waals surface area contributed by atoms with Crippen molar-refractivity contribution in [1.82, 2.24) is 0 Å². The molecule has 8 heteroatoms. The monoisotopic (exact) mass is 299 g/mol. The lowest BCUT2D eigenvalue weighted by Crippen LogP contribution is -2.07. The lowest BCUT2D eigenvalue weighted by Gasteiger charge is -2.03. The molecule has 0 bridgehead atoms. The van der Waals surface area contributed by atoms with Crippen molar-refractivity contribution in [1.29, 1.82) is 0 Å². The fraction of sp³-hybridized carbons (Fsp3) is 0.167. The van der Waals surface area contributed by atoms with Crippen LogP contribution in [-0.4, -0.2) is 28.9 Å². The summed E-state index contributed by atoms with van der Waals surface area (Å²) in [5, 5.41) is 20.7. The van der Waals surface area contributed by atoms with Crippen molar-refractivity contribution in [3.05, 3.63) is 45.0 Å². The number of carbonyl (C=O) groups excluding carboxylic acids is 2. The number of ketones is 1. The van der Waals surface area contributed by atoms with Crippen LogP contribution in [-0.2, 0) is 14.3 Å². The third-order valence-corrected chi connectivity index (χ3v) is 2.51. The Hall–Kier alpha value is -2.41. The molecule has 0 aliphatic heterocycles. The molecule has 0 aliphatic rings. The van der Waals surface area contributed by atoms with Gasteiger partial charge in [0.05, 0.1) is 17.6 Å². The van der Waals surface area contributed by atoms with E-state index in [9.17, 15) is 24.8 Å². The van der Waals surface area contributed by atoms with Gasteiger partial charge in [0.2, 0.25) is 0 Å². The van der Waals surface area contributed by atoms with Crippen LogP contribution in [0.3, 0.4) is 0 Å². The average Bonchev–Trinajstić information content (AvgIpc) is 2.37. The summed E-state index contributed by atoms with van der Waals surface area (Å²) in [5.41, 5.74) is -0.616. The number of hydrogen-bond acceptors (Lipinski definition) is 6. The topological polar surface area (TPSA) is 107 Å². The fourth-order valence-corrected chi connectivity index (χ4v) is 1.54. The molecule has 0 atom stereocenters. The van der Waals surface area contributed by atoms with Crippen LogP contribution in [0, 0.1) is 10.1 Å². The number of hydrogen-bond donors (Lipinski definition) is 1. The second-order valence-electron chi connectivity index (χ2n) is 3.67. The van der Waals surface area contributed by atoms with Crippen molar-refractivity contribution < 1.29 is 24.4 Å². The van der Waals surface area contributed by atoms with Gasteiger partial charge in [-0.15, -0.1) is 0 Å². The van der Waals surface area contributed by atoms with Crippen molar-refractivity contribution >= 4 is 34.8 Å². The Morgan fingerprint density at radius 2 is 2.15 bits per heavy atom. The smallest absolute Gasteiger partial charge is 0.313 e. The van der Waals surface area contributed by atoms with Crippen molar-refractivity contribution in [3.63, 3.8) is 0 Å². The van der Waals surface area contributed by atoms with E-state index in [1.165, 1.54) is 6.07 Å². The van der Waals surface area contributed by atoms with Gasteiger partial charge in [-0.1, -0.05) is 11.6 Å². The highest BCUT2D eigenvalue weighted by molar-refractivity contribution is 6.30. The summed E-state index contributed by atoms with van der Waals surface area (Å²) in [6.45, 7) is 0. The number of aliphatic hydroxyl groups excluding tert-OH is 1. The van der Waals surface area contributed by atoms with E-state index >= 15 is 0 Å². The van der Waals surface area contributed by atoms with Crippen LogP contribution >= 0.6 is 11.6 Å². The number of methoxy groups -OCH3 is 1. The third kappa shape index (κ3) is 4.06. The average molecular weight is 300 g/mol. The maximum atomic E-state index is 11.4. The molecular formula is C12H10ClNO6. The molecule has 0 unspecified atom stereocenters. The number of nitro benzene ring substituents is 1. The van der Waals surface area contributed by atoms with E-state index in [1.54, 1.807) is 0 Å². The molecule has 1 rings (SSSR count). The molecule has 0 saturated carbocycles. The van der Waals surface area contributed by atoms with Gasteiger partial charge in [-0.3, -0.25) is 19.7 Å². The molecule has 0 spiro atoms. The zero-order valence-electron chi connectivity index (χ0n) is 10.3. The summed E-state index contributed by atoms with van der Waals surface area (Å²) in [7, 11) is 1.11. The summed E-state index contributed by atoms with van der Waals surface area (Å²) in [6, 6.07) is 3.54. The molecule has 1 aromatic carbocycles. The molecule has 20 heavy (non-hydrogen) atoms. The molecule has 0 aromatic heterocycles. The highest BCUT2D eigenvalue weighted by Crippen LogP contribution is 2.27. The zero-order valence-corrected chi connectivity index (χ0v) is 11.1. The summed E-state index contributed by atoms with van der Waals surface area (Å²) in [5.74, 6) is -2.17. The number of ether oxygens (including phenoxy) is 1. The summed E-state index contributed by atoms with van der Waals surface area (Å²) in [6.07, 6.45) is 0.143. The summed E-state index contributed by atoms with van der Waals surface area (Å²) in [4.78, 5) is 32.4. The van der Waals surface area contributed by atoms with E-state index in [0.717, 1.165) is 25.3 Å². The van der Waals surface area contributed by atoms with E-state index in [2.05, 4.69) is 4.74 Å². The molecule has 7 nitrogen and oxygen atoms in total. The number of halogens is 1. The Labute approximate surface area is 118 Å². The van der Waals surface area contributed by atoms with Crippen molar-refractivity contribution in [2.45, 2.75) is 6.42 Å². The maximum absolute atomic E-state index is 11.4. The highest BCUT2D eigenvalue weighted by Gasteiger charge is 2.18. The van der Waals surface area contributed by atoms with Crippen LogP contribution in [0.25, 0.3) is 5.76 Å². The molecular weight excluding hydrogens is 290 g/mol. The predicted molar refractivity (Wildman–Crippen MR) is 70.4 cm³/mol. The van der Waals surface area contributed by atoms with Gasteiger partial charge >= 0.3 is 5.97 Å². The minimum absolute atomic E-state index is 0.158. The molecule has 0 amide bonds. The minimum Gasteiger partial charge on any atom is -0.507 e. The lowest BCUT2D eigenvalue weighted by molar-refractivity contribution is -0.385. The standard InChI is InChI=1S/C12H10ClNO6/c1-20-12(17)6-8(15)5-11(16)9-4-7(13)2-3-10(9)14(18)19/h2-5,16H,6H2,1H3/b11-5-. The predicted octanol–water partition coefficient (Wildman–Crippen LogP) is 2.28. The highest BCUT2D eigenvalue weighted by atomic mass is 35.5.